The topological polar surface area (TPSA) is 44.8 Å². The first-order chi connectivity index (χ1) is 4.31. The van der Waals surface area contributed by atoms with E-state index in [0.29, 0.717) is 6.61 Å². The zero-order valence-electron chi connectivity index (χ0n) is 5.55. The predicted octanol–water partition coefficient (Wildman–Crippen LogP) is 0.127. The van der Waals surface area contributed by atoms with E-state index in [2.05, 4.69) is 9.78 Å². The molecule has 0 fully saturated rings. The fourth-order valence-corrected chi connectivity index (χ4v) is 0.302. The monoisotopic (exact) mass is 134 g/mol. The Balaban J connectivity index is 3.06. The van der Waals surface area contributed by atoms with Crippen molar-refractivity contribution in [1.29, 1.82) is 0 Å². The Morgan fingerprint density at radius 2 is 2.22 bits per heavy atom. The van der Waals surface area contributed by atoms with Crippen LogP contribution in [0.3, 0.4) is 0 Å². The molecule has 0 atom stereocenters. The van der Waals surface area contributed by atoms with E-state index in [1.807, 2.05) is 0 Å². The van der Waals surface area contributed by atoms with Crippen LogP contribution in [0.5, 0.6) is 0 Å². The molecule has 0 aromatic heterocycles. The highest BCUT2D eigenvalue weighted by Gasteiger charge is 1.99. The van der Waals surface area contributed by atoms with Crippen LogP contribution in [-0.2, 0) is 19.3 Å². The second-order valence-corrected chi connectivity index (χ2v) is 1.26. The summed E-state index contributed by atoms with van der Waals surface area (Å²) in [6.07, 6.45) is 0. The van der Waals surface area contributed by atoms with Gasteiger partial charge in [-0.3, -0.25) is 4.89 Å². The molecule has 0 unspecified atom stereocenters. The summed E-state index contributed by atoms with van der Waals surface area (Å²) in [4.78, 5) is 18.5. The average Bonchev–Trinajstić information content (AvgIpc) is 1.85. The Morgan fingerprint density at radius 3 is 2.67 bits per heavy atom. The summed E-state index contributed by atoms with van der Waals surface area (Å²) < 4.78 is 4.69. The van der Waals surface area contributed by atoms with E-state index < -0.39 is 5.97 Å². The lowest BCUT2D eigenvalue weighted by Crippen LogP contribution is -2.11. The highest BCUT2D eigenvalue weighted by molar-refractivity contribution is 5.69. The molecule has 0 aliphatic heterocycles. The van der Waals surface area contributed by atoms with Crippen LogP contribution in [-0.4, -0.2) is 26.3 Å². The van der Waals surface area contributed by atoms with Gasteiger partial charge in [-0.2, -0.15) is 4.89 Å². The number of hydrogen-bond acceptors (Lipinski definition) is 4. The average molecular weight is 134 g/mol. The maximum absolute atomic E-state index is 10.3. The fraction of sp³-hybridized carbons (Fsp3) is 0.800. The summed E-state index contributed by atoms with van der Waals surface area (Å²) in [5.74, 6) is -0.514. The van der Waals surface area contributed by atoms with E-state index in [1.54, 1.807) is 6.92 Å². The lowest BCUT2D eigenvalue weighted by atomic mass is 10.7. The number of carbonyl (C=O) groups is 1. The third kappa shape index (κ3) is 5.26. The predicted molar refractivity (Wildman–Crippen MR) is 29.6 cm³/mol. The molecule has 0 N–H and O–H groups in total. The summed E-state index contributed by atoms with van der Waals surface area (Å²) >= 11 is 0. The number of hydrogen-bond donors (Lipinski definition) is 0. The molecule has 0 bridgehead atoms. The first-order valence-corrected chi connectivity index (χ1v) is 2.62. The Kier molecular flexibility index (Phi) is 5.15. The van der Waals surface area contributed by atoms with Gasteiger partial charge in [0.2, 0.25) is 0 Å². The van der Waals surface area contributed by atoms with Crippen LogP contribution in [0.15, 0.2) is 0 Å². The highest BCUT2D eigenvalue weighted by atomic mass is 17.2. The molecule has 0 spiro atoms. The van der Waals surface area contributed by atoms with Crippen LogP contribution in [0.4, 0.5) is 0 Å². The van der Waals surface area contributed by atoms with Gasteiger partial charge in [0.15, 0.2) is 0 Å². The van der Waals surface area contributed by atoms with E-state index in [1.165, 1.54) is 7.11 Å². The van der Waals surface area contributed by atoms with Gasteiger partial charge >= 0.3 is 5.97 Å². The van der Waals surface area contributed by atoms with Gasteiger partial charge in [-0.1, -0.05) is 0 Å². The molecule has 0 amide bonds. The molecule has 0 saturated heterocycles. The standard InChI is InChI=1S/C5H10O4/c1-3-8-4-5(6)9-7-2/h3-4H2,1-2H3. The summed E-state index contributed by atoms with van der Waals surface area (Å²) in [6.45, 7) is 2.24. The van der Waals surface area contributed by atoms with Crippen molar-refractivity contribution in [1.82, 2.24) is 0 Å². The smallest absolute Gasteiger partial charge is 0.367 e. The molecule has 0 aromatic carbocycles. The minimum atomic E-state index is -0.514. The van der Waals surface area contributed by atoms with E-state index >= 15 is 0 Å². The highest BCUT2D eigenvalue weighted by Crippen LogP contribution is 1.79. The van der Waals surface area contributed by atoms with Crippen LogP contribution in [0, 0.1) is 0 Å². The Morgan fingerprint density at radius 1 is 1.56 bits per heavy atom. The largest absolute Gasteiger partial charge is 0.370 e. The maximum atomic E-state index is 10.3. The van der Waals surface area contributed by atoms with Crippen molar-refractivity contribution >= 4 is 5.97 Å². The van der Waals surface area contributed by atoms with Crippen LogP contribution >= 0.6 is 0 Å². The third-order valence-corrected chi connectivity index (χ3v) is 0.600. The third-order valence-electron chi connectivity index (χ3n) is 0.600. The first-order valence-electron chi connectivity index (χ1n) is 2.62. The second-order valence-electron chi connectivity index (χ2n) is 1.26. The fourth-order valence-electron chi connectivity index (χ4n) is 0.302. The minimum Gasteiger partial charge on any atom is -0.370 e. The van der Waals surface area contributed by atoms with Gasteiger partial charge in [0, 0.05) is 6.61 Å². The van der Waals surface area contributed by atoms with Gasteiger partial charge < -0.3 is 4.74 Å². The zero-order valence-corrected chi connectivity index (χ0v) is 5.55. The molecule has 0 aliphatic rings. The van der Waals surface area contributed by atoms with Crippen molar-refractivity contribution in [2.45, 2.75) is 6.92 Å². The van der Waals surface area contributed by atoms with Crippen LogP contribution in [0.2, 0.25) is 0 Å². The summed E-state index contributed by atoms with van der Waals surface area (Å²) in [6, 6.07) is 0. The normalized spacial score (nSPS) is 9.11. The minimum absolute atomic E-state index is 0.0513. The van der Waals surface area contributed by atoms with Crippen molar-refractivity contribution in [3.63, 3.8) is 0 Å². The van der Waals surface area contributed by atoms with Gasteiger partial charge in [0.1, 0.15) is 6.61 Å². The molecular weight excluding hydrogens is 124 g/mol. The second kappa shape index (κ2) is 5.53. The van der Waals surface area contributed by atoms with Gasteiger partial charge in [0.25, 0.3) is 0 Å². The molecule has 4 heteroatoms. The van der Waals surface area contributed by atoms with Crippen molar-refractivity contribution in [2.75, 3.05) is 20.3 Å². The SMILES string of the molecule is CCOCC(=O)OOC. The lowest BCUT2D eigenvalue weighted by Gasteiger charge is -1.97. The molecule has 0 radical (unpaired) electrons. The Labute approximate surface area is 53.6 Å². The number of ether oxygens (including phenoxy) is 1. The van der Waals surface area contributed by atoms with E-state index in [4.69, 9.17) is 4.74 Å². The molecule has 0 rings (SSSR count). The molecule has 0 aliphatic carbocycles. The first kappa shape index (κ1) is 8.39. The summed E-state index contributed by atoms with van der Waals surface area (Å²) in [7, 11) is 1.27. The molecule has 54 valence electrons. The van der Waals surface area contributed by atoms with Crippen molar-refractivity contribution in [3.05, 3.63) is 0 Å². The van der Waals surface area contributed by atoms with Gasteiger partial charge in [-0.15, -0.1) is 0 Å². The van der Waals surface area contributed by atoms with Crippen LogP contribution in [0.1, 0.15) is 6.92 Å². The quantitative estimate of drug-likeness (QED) is 0.405. The molecule has 0 heterocycles. The van der Waals surface area contributed by atoms with Crippen LogP contribution < -0.4 is 0 Å². The van der Waals surface area contributed by atoms with E-state index in [9.17, 15) is 4.79 Å². The van der Waals surface area contributed by atoms with Crippen LogP contribution in [0.25, 0.3) is 0 Å². The van der Waals surface area contributed by atoms with Gasteiger partial charge in [0.05, 0.1) is 7.11 Å². The molecule has 0 aromatic rings. The molecule has 4 nitrogen and oxygen atoms in total. The Hall–Kier alpha value is -0.610. The van der Waals surface area contributed by atoms with E-state index in [0.717, 1.165) is 0 Å². The zero-order chi connectivity index (χ0) is 7.11. The van der Waals surface area contributed by atoms with Crippen molar-refractivity contribution in [2.24, 2.45) is 0 Å². The molecule has 0 saturated carbocycles. The molecular formula is C5H10O4. The summed E-state index contributed by atoms with van der Waals surface area (Å²) in [5, 5.41) is 0. The van der Waals surface area contributed by atoms with Gasteiger partial charge in [-0.25, -0.2) is 4.79 Å². The van der Waals surface area contributed by atoms with Crippen molar-refractivity contribution < 1.29 is 19.3 Å². The van der Waals surface area contributed by atoms with Crippen molar-refractivity contribution in [3.8, 4) is 0 Å². The summed E-state index contributed by atoms with van der Waals surface area (Å²) in [5.41, 5.74) is 0. The Bertz CT molecular complexity index is 81.0. The van der Waals surface area contributed by atoms with Gasteiger partial charge in [-0.05, 0) is 6.92 Å². The lowest BCUT2D eigenvalue weighted by molar-refractivity contribution is -0.258. The number of carbonyl (C=O) groups excluding carboxylic acids is 1. The number of rotatable bonds is 4. The molecule has 9 heavy (non-hydrogen) atoms. The maximum Gasteiger partial charge on any atom is 0.367 e. The van der Waals surface area contributed by atoms with E-state index in [-0.39, 0.29) is 6.61 Å².